The van der Waals surface area contributed by atoms with Gasteiger partial charge in [-0.2, -0.15) is 8.78 Å². The third-order valence-corrected chi connectivity index (χ3v) is 3.43. The van der Waals surface area contributed by atoms with Crippen molar-refractivity contribution in [2.24, 2.45) is 16.5 Å². The smallest absolute Gasteiger partial charge is 0.352 e. The molecule has 1 aliphatic heterocycles. The number of hydrogen-bond donors (Lipinski definition) is 3. The second kappa shape index (κ2) is 5.86. The number of nitrogens with one attached hydrogen (secondary N) is 1. The van der Waals surface area contributed by atoms with Gasteiger partial charge in [0.25, 0.3) is 5.91 Å². The number of anilines is 1. The number of nitrogens with zero attached hydrogens (tertiary/aromatic N) is 1. The van der Waals surface area contributed by atoms with Gasteiger partial charge >= 0.3 is 11.9 Å². The highest BCUT2D eigenvalue weighted by atomic mass is 19.3. The minimum Gasteiger partial charge on any atom is -0.423 e. The first-order valence-corrected chi connectivity index (χ1v) is 7.03. The lowest BCUT2D eigenvalue weighted by atomic mass is 10.1. The SMILES string of the molecule is NC(N)=Nc1ccc(C(=O)Oc2ccc3c(c2)C(F)(F)C(=O)N3)cc1. The summed E-state index contributed by atoms with van der Waals surface area (Å²) in [4.78, 5) is 27.1. The van der Waals surface area contributed by atoms with Gasteiger partial charge in [-0.3, -0.25) is 4.79 Å². The zero-order valence-electron chi connectivity index (χ0n) is 12.6. The molecule has 0 atom stereocenters. The Morgan fingerprint density at radius 1 is 1.12 bits per heavy atom. The van der Waals surface area contributed by atoms with Gasteiger partial charge in [0.15, 0.2) is 5.96 Å². The van der Waals surface area contributed by atoms with Crippen LogP contribution in [0, 0.1) is 0 Å². The molecule has 2 aromatic carbocycles. The predicted octanol–water partition coefficient (Wildman–Crippen LogP) is 1.85. The fourth-order valence-corrected chi connectivity index (χ4v) is 2.27. The number of carbonyl (C=O) groups excluding carboxylic acids is 2. The van der Waals surface area contributed by atoms with E-state index in [9.17, 15) is 18.4 Å². The molecule has 0 radical (unpaired) electrons. The number of ether oxygens (including phenoxy) is 1. The number of rotatable bonds is 3. The zero-order valence-corrected chi connectivity index (χ0v) is 12.6. The number of nitrogens with two attached hydrogens (primary N) is 2. The van der Waals surface area contributed by atoms with E-state index in [0.29, 0.717) is 5.69 Å². The third-order valence-electron chi connectivity index (χ3n) is 3.43. The number of esters is 1. The maximum atomic E-state index is 13.7. The summed E-state index contributed by atoms with van der Waals surface area (Å²) < 4.78 is 32.5. The molecule has 0 aromatic heterocycles. The molecule has 3 rings (SSSR count). The van der Waals surface area contributed by atoms with Gasteiger partial charge in [0, 0.05) is 0 Å². The largest absolute Gasteiger partial charge is 0.423 e. The number of carbonyl (C=O) groups is 2. The van der Waals surface area contributed by atoms with E-state index >= 15 is 0 Å². The van der Waals surface area contributed by atoms with E-state index in [4.69, 9.17) is 16.2 Å². The van der Waals surface area contributed by atoms with Crippen molar-refractivity contribution in [2.75, 3.05) is 5.32 Å². The van der Waals surface area contributed by atoms with Crippen LogP contribution in [0.15, 0.2) is 47.5 Å². The summed E-state index contributed by atoms with van der Waals surface area (Å²) >= 11 is 0. The van der Waals surface area contributed by atoms with Crippen LogP contribution in [0.25, 0.3) is 0 Å². The van der Waals surface area contributed by atoms with Crippen LogP contribution in [-0.4, -0.2) is 17.8 Å². The molecular weight excluding hydrogens is 334 g/mol. The van der Waals surface area contributed by atoms with Gasteiger partial charge in [-0.15, -0.1) is 0 Å². The highest BCUT2D eigenvalue weighted by Gasteiger charge is 2.48. The lowest BCUT2D eigenvalue weighted by Crippen LogP contribution is -2.23. The topological polar surface area (TPSA) is 120 Å². The van der Waals surface area contributed by atoms with Crippen LogP contribution in [0.3, 0.4) is 0 Å². The molecule has 128 valence electrons. The number of alkyl halides is 2. The van der Waals surface area contributed by atoms with Crippen molar-refractivity contribution in [3.8, 4) is 5.75 Å². The molecule has 0 saturated heterocycles. The fourth-order valence-electron chi connectivity index (χ4n) is 2.27. The van der Waals surface area contributed by atoms with E-state index in [1.165, 1.54) is 36.4 Å². The van der Waals surface area contributed by atoms with Crippen molar-refractivity contribution < 1.29 is 23.1 Å². The molecule has 0 bridgehead atoms. The maximum absolute atomic E-state index is 13.7. The first-order chi connectivity index (χ1) is 11.8. The monoisotopic (exact) mass is 346 g/mol. The zero-order chi connectivity index (χ0) is 18.2. The van der Waals surface area contributed by atoms with E-state index < -0.39 is 23.4 Å². The highest BCUT2D eigenvalue weighted by Crippen LogP contribution is 2.42. The van der Waals surface area contributed by atoms with Gasteiger partial charge < -0.3 is 21.5 Å². The van der Waals surface area contributed by atoms with Gasteiger partial charge in [0.2, 0.25) is 0 Å². The van der Waals surface area contributed by atoms with Crippen LogP contribution < -0.4 is 21.5 Å². The van der Waals surface area contributed by atoms with Crippen molar-refractivity contribution in [3.05, 3.63) is 53.6 Å². The van der Waals surface area contributed by atoms with Crippen molar-refractivity contribution >= 4 is 29.2 Å². The Bertz CT molecular complexity index is 891. The van der Waals surface area contributed by atoms with Gasteiger partial charge in [-0.25, -0.2) is 9.79 Å². The number of aliphatic imine (C=N–C) groups is 1. The Balaban J connectivity index is 1.79. The minimum absolute atomic E-state index is 0.0172. The molecule has 2 aromatic rings. The Kier molecular flexibility index (Phi) is 3.84. The molecule has 0 unspecified atom stereocenters. The van der Waals surface area contributed by atoms with Crippen LogP contribution in [-0.2, 0) is 10.7 Å². The summed E-state index contributed by atoms with van der Waals surface area (Å²) in [5.41, 5.74) is 10.6. The molecule has 1 heterocycles. The molecule has 0 fully saturated rings. The molecule has 5 N–H and O–H groups in total. The van der Waals surface area contributed by atoms with Crippen molar-refractivity contribution in [2.45, 2.75) is 5.92 Å². The number of halogens is 2. The molecule has 0 saturated carbocycles. The third kappa shape index (κ3) is 3.11. The van der Waals surface area contributed by atoms with E-state index in [1.54, 1.807) is 0 Å². The van der Waals surface area contributed by atoms with E-state index in [0.717, 1.165) is 6.07 Å². The van der Waals surface area contributed by atoms with Crippen LogP contribution in [0.5, 0.6) is 5.75 Å². The van der Waals surface area contributed by atoms with Crippen LogP contribution >= 0.6 is 0 Å². The molecule has 9 heteroatoms. The molecule has 1 amide bonds. The molecule has 7 nitrogen and oxygen atoms in total. The van der Waals surface area contributed by atoms with Crippen molar-refractivity contribution in [1.29, 1.82) is 0 Å². The number of benzene rings is 2. The maximum Gasteiger partial charge on any atom is 0.352 e. The lowest BCUT2D eigenvalue weighted by molar-refractivity contribution is -0.139. The van der Waals surface area contributed by atoms with Crippen molar-refractivity contribution in [3.63, 3.8) is 0 Å². The average Bonchev–Trinajstić information content (AvgIpc) is 2.77. The summed E-state index contributed by atoms with van der Waals surface area (Å²) in [5.74, 6) is -6.07. The molecule has 25 heavy (non-hydrogen) atoms. The summed E-state index contributed by atoms with van der Waals surface area (Å²) in [5, 5.41) is 2.06. The van der Waals surface area contributed by atoms with E-state index in [1.807, 2.05) is 0 Å². The first kappa shape index (κ1) is 16.4. The first-order valence-electron chi connectivity index (χ1n) is 7.03. The Labute approximate surface area is 140 Å². The van der Waals surface area contributed by atoms with E-state index in [2.05, 4.69) is 10.3 Å². The standard InChI is InChI=1S/C16H12F2N4O3/c17-16(18)11-7-10(5-6-12(11)22-14(16)24)25-13(23)8-1-3-9(4-2-8)21-15(19)20/h1-7H,(H,22,24)(H4,19,20,21). The number of guanidine groups is 1. The van der Waals surface area contributed by atoms with Crippen LogP contribution in [0.4, 0.5) is 20.2 Å². The van der Waals surface area contributed by atoms with Gasteiger partial charge in [0.1, 0.15) is 5.75 Å². The second-order valence-electron chi connectivity index (χ2n) is 5.21. The molecule has 1 aliphatic rings. The molecule has 0 spiro atoms. The highest BCUT2D eigenvalue weighted by molar-refractivity contribution is 6.04. The normalized spacial score (nSPS) is 14.4. The van der Waals surface area contributed by atoms with Crippen LogP contribution in [0.2, 0.25) is 0 Å². The fraction of sp³-hybridized carbons (Fsp3) is 0.0625. The summed E-state index contributed by atoms with van der Waals surface area (Å²) in [7, 11) is 0. The predicted molar refractivity (Wildman–Crippen MR) is 85.8 cm³/mol. The Morgan fingerprint density at radius 3 is 2.44 bits per heavy atom. The number of amides is 1. The molecular formula is C16H12F2N4O3. The molecule has 0 aliphatic carbocycles. The Hall–Kier alpha value is -3.49. The van der Waals surface area contributed by atoms with Crippen LogP contribution in [0.1, 0.15) is 15.9 Å². The second-order valence-corrected chi connectivity index (χ2v) is 5.21. The Morgan fingerprint density at radius 2 is 1.80 bits per heavy atom. The summed E-state index contributed by atoms with van der Waals surface area (Å²) in [6.45, 7) is 0. The minimum atomic E-state index is -3.67. The number of hydrogen-bond acceptors (Lipinski definition) is 4. The quantitative estimate of drug-likeness (QED) is 0.339. The average molecular weight is 346 g/mol. The van der Waals surface area contributed by atoms with E-state index in [-0.39, 0.29) is 23.0 Å². The lowest BCUT2D eigenvalue weighted by Gasteiger charge is -2.09. The van der Waals surface area contributed by atoms with Crippen molar-refractivity contribution in [1.82, 2.24) is 0 Å². The van der Waals surface area contributed by atoms with Gasteiger partial charge in [0.05, 0.1) is 22.5 Å². The van der Waals surface area contributed by atoms with Gasteiger partial charge in [-0.1, -0.05) is 0 Å². The summed E-state index contributed by atoms with van der Waals surface area (Å²) in [6.07, 6.45) is 0. The summed E-state index contributed by atoms with van der Waals surface area (Å²) in [6, 6.07) is 9.36. The van der Waals surface area contributed by atoms with Gasteiger partial charge in [-0.05, 0) is 42.5 Å². The number of fused-ring (bicyclic) bond motifs is 1.